The molecule has 144 valence electrons. The van der Waals surface area contributed by atoms with Crippen LogP contribution >= 0.6 is 11.3 Å². The summed E-state index contributed by atoms with van der Waals surface area (Å²) < 4.78 is 0. The van der Waals surface area contributed by atoms with Crippen molar-refractivity contribution in [1.29, 1.82) is 0 Å². The van der Waals surface area contributed by atoms with E-state index < -0.39 is 0 Å². The number of carbonyl (C=O) groups excluding carboxylic acids is 2. The molecular weight excluding hydrogens is 360 g/mol. The minimum absolute atomic E-state index is 0.0106. The lowest BCUT2D eigenvalue weighted by atomic mass is 10.0. The molecule has 0 bridgehead atoms. The van der Waals surface area contributed by atoms with Gasteiger partial charge in [0.05, 0.1) is 5.69 Å². The molecule has 2 aromatic rings. The van der Waals surface area contributed by atoms with Crippen LogP contribution in [0.5, 0.6) is 0 Å². The molecule has 0 saturated carbocycles. The Morgan fingerprint density at radius 3 is 2.81 bits per heavy atom. The average Bonchev–Trinajstić information content (AvgIpc) is 3.32. The fraction of sp³-hybridized carbons (Fsp3) is 0.450. The Balaban J connectivity index is 1.49. The summed E-state index contributed by atoms with van der Waals surface area (Å²) in [5, 5.41) is 11.6. The van der Waals surface area contributed by atoms with Crippen molar-refractivity contribution >= 4 is 28.3 Å². The predicted molar refractivity (Wildman–Crippen MR) is 109 cm³/mol. The molecule has 3 N–H and O–H groups in total. The molecule has 1 saturated heterocycles. The van der Waals surface area contributed by atoms with E-state index in [1.165, 1.54) is 18.3 Å². The highest BCUT2D eigenvalue weighted by molar-refractivity contribution is 7.14. The van der Waals surface area contributed by atoms with E-state index >= 15 is 0 Å². The van der Waals surface area contributed by atoms with Crippen molar-refractivity contribution in [3.63, 3.8) is 0 Å². The summed E-state index contributed by atoms with van der Waals surface area (Å²) in [5.74, 6) is 0.645. The number of amides is 2. The molecule has 1 aliphatic heterocycles. The molecule has 27 heavy (non-hydrogen) atoms. The largest absolute Gasteiger partial charge is 0.356 e. The standard InChI is InChI=1S/C20H26N4O2S/c1-14(25)22-11-9-15-2-5-17(6-3-15)18-13-27-20(23-18)24-19(26)7-4-16-8-10-21-12-16/h2-3,5-6,13,16,21H,4,7-12H2,1H3,(H,22,25)(H,23,24,26). The first kappa shape index (κ1) is 19.5. The van der Waals surface area contributed by atoms with Crippen LogP contribution in [0.25, 0.3) is 11.3 Å². The topological polar surface area (TPSA) is 83.1 Å². The molecular formula is C20H26N4O2S. The smallest absolute Gasteiger partial charge is 0.226 e. The first-order chi connectivity index (χ1) is 13.1. The van der Waals surface area contributed by atoms with Crippen LogP contribution in [0.15, 0.2) is 29.6 Å². The van der Waals surface area contributed by atoms with Gasteiger partial charge in [-0.1, -0.05) is 24.3 Å². The van der Waals surface area contributed by atoms with Gasteiger partial charge in [-0.15, -0.1) is 11.3 Å². The molecule has 6 nitrogen and oxygen atoms in total. The van der Waals surface area contributed by atoms with Crippen LogP contribution in [0.3, 0.4) is 0 Å². The number of aromatic nitrogens is 1. The second kappa shape index (κ2) is 9.62. The average molecular weight is 387 g/mol. The molecule has 3 rings (SSSR count). The number of carbonyl (C=O) groups is 2. The Labute approximate surface area is 163 Å². The maximum absolute atomic E-state index is 12.1. The fourth-order valence-corrected chi connectivity index (χ4v) is 3.90. The monoisotopic (exact) mass is 386 g/mol. The zero-order chi connectivity index (χ0) is 19.1. The predicted octanol–water partition coefficient (Wildman–Crippen LogP) is 2.82. The van der Waals surface area contributed by atoms with Crippen LogP contribution in [0, 0.1) is 5.92 Å². The second-order valence-electron chi connectivity index (χ2n) is 6.91. The zero-order valence-electron chi connectivity index (χ0n) is 15.6. The molecule has 2 amide bonds. The quantitative estimate of drug-likeness (QED) is 0.651. The number of anilines is 1. The van der Waals surface area contributed by atoms with E-state index in [0.29, 0.717) is 24.0 Å². The highest BCUT2D eigenvalue weighted by Crippen LogP contribution is 2.25. The molecule has 2 heterocycles. The zero-order valence-corrected chi connectivity index (χ0v) is 16.4. The summed E-state index contributed by atoms with van der Waals surface area (Å²) in [6.07, 6.45) is 3.44. The Hall–Kier alpha value is -2.25. The summed E-state index contributed by atoms with van der Waals surface area (Å²) >= 11 is 1.45. The lowest BCUT2D eigenvalue weighted by Crippen LogP contribution is -2.22. The summed E-state index contributed by atoms with van der Waals surface area (Å²) in [4.78, 5) is 27.6. The van der Waals surface area contributed by atoms with Gasteiger partial charge in [-0.25, -0.2) is 4.98 Å². The van der Waals surface area contributed by atoms with Crippen molar-refractivity contribution in [2.75, 3.05) is 25.0 Å². The van der Waals surface area contributed by atoms with E-state index in [1.54, 1.807) is 0 Å². The van der Waals surface area contributed by atoms with Gasteiger partial charge in [0.15, 0.2) is 5.13 Å². The van der Waals surface area contributed by atoms with E-state index in [9.17, 15) is 9.59 Å². The van der Waals surface area contributed by atoms with Gasteiger partial charge in [0.2, 0.25) is 11.8 Å². The minimum Gasteiger partial charge on any atom is -0.356 e. The Morgan fingerprint density at radius 2 is 2.11 bits per heavy atom. The maximum Gasteiger partial charge on any atom is 0.226 e. The van der Waals surface area contributed by atoms with Gasteiger partial charge in [0.1, 0.15) is 0 Å². The minimum atomic E-state index is -0.0106. The van der Waals surface area contributed by atoms with Crippen LogP contribution in [0.2, 0.25) is 0 Å². The lowest BCUT2D eigenvalue weighted by molar-refractivity contribution is -0.119. The molecule has 1 atom stereocenters. The first-order valence-corrected chi connectivity index (χ1v) is 10.3. The van der Waals surface area contributed by atoms with Crippen molar-refractivity contribution in [3.8, 4) is 11.3 Å². The van der Waals surface area contributed by atoms with Crippen LogP contribution in [0.1, 0.15) is 31.7 Å². The number of benzene rings is 1. The van der Waals surface area contributed by atoms with E-state index in [-0.39, 0.29) is 11.8 Å². The van der Waals surface area contributed by atoms with Crippen molar-refractivity contribution in [3.05, 3.63) is 35.2 Å². The number of nitrogens with one attached hydrogen (secondary N) is 3. The van der Waals surface area contributed by atoms with Crippen molar-refractivity contribution in [2.24, 2.45) is 5.92 Å². The third kappa shape index (κ3) is 6.15. The van der Waals surface area contributed by atoms with E-state index in [1.807, 2.05) is 29.6 Å². The van der Waals surface area contributed by atoms with Gasteiger partial charge < -0.3 is 16.0 Å². The lowest BCUT2D eigenvalue weighted by Gasteiger charge is -2.07. The number of nitrogens with zero attached hydrogens (tertiary/aromatic N) is 1. The van der Waals surface area contributed by atoms with E-state index in [4.69, 9.17) is 0 Å². The number of hydrogen-bond acceptors (Lipinski definition) is 5. The van der Waals surface area contributed by atoms with Crippen LogP contribution in [0.4, 0.5) is 5.13 Å². The van der Waals surface area contributed by atoms with E-state index in [2.05, 4.69) is 20.9 Å². The summed E-state index contributed by atoms with van der Waals surface area (Å²) in [7, 11) is 0. The van der Waals surface area contributed by atoms with Gasteiger partial charge in [-0.2, -0.15) is 0 Å². The number of hydrogen-bond donors (Lipinski definition) is 3. The van der Waals surface area contributed by atoms with Gasteiger partial charge in [-0.3, -0.25) is 9.59 Å². The molecule has 0 aliphatic carbocycles. The molecule has 1 unspecified atom stereocenters. The Bertz CT molecular complexity index is 767. The van der Waals surface area contributed by atoms with Gasteiger partial charge in [0.25, 0.3) is 0 Å². The third-order valence-electron chi connectivity index (χ3n) is 4.73. The van der Waals surface area contributed by atoms with Crippen LogP contribution in [-0.2, 0) is 16.0 Å². The maximum atomic E-state index is 12.1. The number of thiazole rings is 1. The van der Waals surface area contributed by atoms with Gasteiger partial charge in [-0.05, 0) is 43.8 Å². The van der Waals surface area contributed by atoms with Gasteiger partial charge in [0, 0.05) is 30.8 Å². The summed E-state index contributed by atoms with van der Waals surface area (Å²) in [6, 6.07) is 8.14. The molecule has 1 aromatic heterocycles. The first-order valence-electron chi connectivity index (χ1n) is 9.40. The highest BCUT2D eigenvalue weighted by Gasteiger charge is 2.16. The number of rotatable bonds is 8. The second-order valence-corrected chi connectivity index (χ2v) is 7.77. The van der Waals surface area contributed by atoms with Crippen molar-refractivity contribution in [1.82, 2.24) is 15.6 Å². The fourth-order valence-electron chi connectivity index (χ4n) is 3.17. The molecule has 7 heteroatoms. The Kier molecular flexibility index (Phi) is 6.95. The molecule has 0 spiro atoms. The van der Waals surface area contributed by atoms with Crippen LogP contribution in [-0.4, -0.2) is 36.4 Å². The van der Waals surface area contributed by atoms with Crippen LogP contribution < -0.4 is 16.0 Å². The molecule has 1 aromatic carbocycles. The molecule has 0 radical (unpaired) electrons. The normalized spacial score (nSPS) is 16.3. The summed E-state index contributed by atoms with van der Waals surface area (Å²) in [6.45, 7) is 4.25. The Morgan fingerprint density at radius 1 is 1.30 bits per heavy atom. The van der Waals surface area contributed by atoms with Gasteiger partial charge >= 0.3 is 0 Å². The van der Waals surface area contributed by atoms with Crippen molar-refractivity contribution < 1.29 is 9.59 Å². The SMILES string of the molecule is CC(=O)NCCc1ccc(-c2csc(NC(=O)CCC3CCNC3)n2)cc1. The molecule has 1 fully saturated rings. The van der Waals surface area contributed by atoms with E-state index in [0.717, 1.165) is 49.2 Å². The highest BCUT2D eigenvalue weighted by atomic mass is 32.1. The summed E-state index contributed by atoms with van der Waals surface area (Å²) in [5.41, 5.74) is 3.05. The third-order valence-corrected chi connectivity index (χ3v) is 5.49. The van der Waals surface area contributed by atoms with Crippen molar-refractivity contribution in [2.45, 2.75) is 32.6 Å². The molecule has 1 aliphatic rings.